The van der Waals surface area contributed by atoms with Gasteiger partial charge in [0, 0.05) is 0 Å². The molecule has 17 heavy (non-hydrogen) atoms. The maximum absolute atomic E-state index is 12.6. The molecule has 0 spiro atoms. The summed E-state index contributed by atoms with van der Waals surface area (Å²) >= 11 is 0. The van der Waals surface area contributed by atoms with E-state index in [1.165, 1.54) is 0 Å². The van der Waals surface area contributed by atoms with E-state index in [4.69, 9.17) is 0 Å². The van der Waals surface area contributed by atoms with Gasteiger partial charge in [0.05, 0.1) is 18.9 Å². The van der Waals surface area contributed by atoms with E-state index < -0.39 is 35.8 Å². The van der Waals surface area contributed by atoms with E-state index in [-0.39, 0.29) is 6.29 Å². The number of carbonyl (C=O) groups is 1. The largest absolute Gasteiger partial charge is 0.573 e. The topological polar surface area (TPSA) is 48.4 Å². The molecule has 0 unspecified atom stereocenters. The van der Waals surface area contributed by atoms with E-state index >= 15 is 0 Å². The van der Waals surface area contributed by atoms with Crippen molar-refractivity contribution in [2.45, 2.75) is 13.0 Å². The molecule has 94 valence electrons. The monoisotopic (exact) mass is 253 g/mol. The van der Waals surface area contributed by atoms with Gasteiger partial charge >= 0.3 is 6.36 Å². The maximum atomic E-state index is 12.6. The van der Waals surface area contributed by atoms with Gasteiger partial charge in [-0.25, -0.2) is 9.37 Å². The van der Waals surface area contributed by atoms with Crippen LogP contribution in [-0.2, 0) is 6.67 Å². The van der Waals surface area contributed by atoms with Gasteiger partial charge in [-0.15, -0.1) is 13.2 Å². The quantitative estimate of drug-likeness (QED) is 0.610. The molecule has 0 N–H and O–H groups in total. The molecule has 0 atom stereocenters. The van der Waals surface area contributed by atoms with E-state index in [2.05, 4.69) is 14.5 Å². The Kier molecular flexibility index (Phi) is 3.87. The van der Waals surface area contributed by atoms with E-state index in [1.54, 1.807) is 0 Å². The zero-order chi connectivity index (χ0) is 13.1. The highest BCUT2D eigenvalue weighted by Gasteiger charge is 2.34. The van der Waals surface area contributed by atoms with Crippen molar-refractivity contribution in [2.75, 3.05) is 7.11 Å². The number of halogens is 4. The van der Waals surface area contributed by atoms with E-state index in [9.17, 15) is 22.4 Å². The van der Waals surface area contributed by atoms with Gasteiger partial charge in [0.2, 0.25) is 0 Å². The number of ether oxygens (including phenoxy) is 2. The minimum absolute atomic E-state index is 0.136. The maximum Gasteiger partial charge on any atom is 0.573 e. The average Bonchev–Trinajstić information content (AvgIpc) is 2.26. The first-order valence-corrected chi connectivity index (χ1v) is 4.25. The SMILES string of the molecule is COc1cnc(C=O)c(CF)c1OC(F)(F)F. The predicted octanol–water partition coefficient (Wildman–Crippen LogP) is 2.27. The fraction of sp³-hybridized carbons (Fsp3) is 0.333. The molecule has 0 bridgehead atoms. The Morgan fingerprint density at radius 1 is 1.47 bits per heavy atom. The Morgan fingerprint density at radius 2 is 2.12 bits per heavy atom. The Balaban J connectivity index is 3.34. The van der Waals surface area contributed by atoms with Crippen LogP contribution in [0.4, 0.5) is 17.6 Å². The normalized spacial score (nSPS) is 11.1. The Labute approximate surface area is 93.2 Å². The van der Waals surface area contributed by atoms with Crippen molar-refractivity contribution in [2.24, 2.45) is 0 Å². The van der Waals surface area contributed by atoms with Gasteiger partial charge in [-0.05, 0) is 0 Å². The highest BCUT2D eigenvalue weighted by atomic mass is 19.4. The second-order valence-electron chi connectivity index (χ2n) is 2.82. The summed E-state index contributed by atoms with van der Waals surface area (Å²) in [7, 11) is 1.07. The van der Waals surface area contributed by atoms with Crippen LogP contribution in [0, 0.1) is 0 Å². The van der Waals surface area contributed by atoms with E-state index in [0.717, 1.165) is 13.3 Å². The summed E-state index contributed by atoms with van der Waals surface area (Å²) in [6, 6.07) is 0. The summed E-state index contributed by atoms with van der Waals surface area (Å²) in [6.45, 7) is -1.33. The summed E-state index contributed by atoms with van der Waals surface area (Å²) < 4.78 is 57.1. The minimum atomic E-state index is -5.02. The van der Waals surface area contributed by atoms with Crippen LogP contribution in [0.5, 0.6) is 11.5 Å². The number of aromatic nitrogens is 1. The fourth-order valence-electron chi connectivity index (χ4n) is 1.13. The zero-order valence-corrected chi connectivity index (χ0v) is 8.55. The molecule has 4 nitrogen and oxygen atoms in total. The first-order chi connectivity index (χ1) is 7.92. The highest BCUT2D eigenvalue weighted by molar-refractivity contribution is 5.76. The van der Waals surface area contributed by atoms with Crippen LogP contribution >= 0.6 is 0 Å². The lowest BCUT2D eigenvalue weighted by molar-refractivity contribution is -0.275. The van der Waals surface area contributed by atoms with Crippen LogP contribution in [-0.4, -0.2) is 24.7 Å². The first-order valence-electron chi connectivity index (χ1n) is 4.25. The molecule has 1 aromatic rings. The number of hydrogen-bond acceptors (Lipinski definition) is 4. The number of nitrogens with zero attached hydrogens (tertiary/aromatic N) is 1. The number of aldehydes is 1. The summed E-state index contributed by atoms with van der Waals surface area (Å²) in [5, 5.41) is 0. The molecule has 1 rings (SSSR count). The van der Waals surface area contributed by atoms with E-state index in [0.29, 0.717) is 0 Å². The summed E-state index contributed by atoms with van der Waals surface area (Å²) in [4.78, 5) is 13.9. The number of alkyl halides is 4. The van der Waals surface area contributed by atoms with Gasteiger partial charge < -0.3 is 9.47 Å². The van der Waals surface area contributed by atoms with Crippen LogP contribution in [0.2, 0.25) is 0 Å². The van der Waals surface area contributed by atoms with Gasteiger partial charge in [0.25, 0.3) is 0 Å². The molecule has 0 aliphatic heterocycles. The van der Waals surface area contributed by atoms with Crippen LogP contribution in [0.25, 0.3) is 0 Å². The number of hydrogen-bond donors (Lipinski definition) is 0. The zero-order valence-electron chi connectivity index (χ0n) is 8.55. The lowest BCUT2D eigenvalue weighted by Gasteiger charge is -2.15. The molecule has 0 fully saturated rings. The van der Waals surface area contributed by atoms with Crippen LogP contribution < -0.4 is 9.47 Å². The van der Waals surface area contributed by atoms with Crippen molar-refractivity contribution in [3.05, 3.63) is 17.5 Å². The lowest BCUT2D eigenvalue weighted by atomic mass is 10.2. The molecule has 0 saturated carbocycles. The molecular weight excluding hydrogens is 246 g/mol. The number of pyridine rings is 1. The van der Waals surface area contributed by atoms with Gasteiger partial charge in [0.1, 0.15) is 12.4 Å². The van der Waals surface area contributed by atoms with Crippen LogP contribution in [0.3, 0.4) is 0 Å². The summed E-state index contributed by atoms with van der Waals surface area (Å²) in [6.07, 6.45) is -4.03. The van der Waals surface area contributed by atoms with Gasteiger partial charge in [-0.1, -0.05) is 0 Å². The smallest absolute Gasteiger partial charge is 0.491 e. The molecule has 8 heteroatoms. The van der Waals surface area contributed by atoms with Crippen molar-refractivity contribution >= 4 is 6.29 Å². The molecule has 0 amide bonds. The molecule has 0 saturated heterocycles. The van der Waals surface area contributed by atoms with Gasteiger partial charge in [-0.3, -0.25) is 4.79 Å². The first kappa shape index (κ1) is 13.2. The van der Waals surface area contributed by atoms with Crippen molar-refractivity contribution in [1.82, 2.24) is 4.98 Å². The molecule has 0 radical (unpaired) electrons. The van der Waals surface area contributed by atoms with E-state index in [1.807, 2.05) is 0 Å². The third kappa shape index (κ3) is 3.05. The van der Waals surface area contributed by atoms with Crippen molar-refractivity contribution in [3.8, 4) is 11.5 Å². The molecule has 0 aromatic carbocycles. The van der Waals surface area contributed by atoms with Crippen LogP contribution in [0.15, 0.2) is 6.20 Å². The molecule has 1 heterocycles. The fourth-order valence-corrected chi connectivity index (χ4v) is 1.13. The standard InChI is InChI=1S/C9H7F4NO3/c1-16-7-3-14-6(4-15)5(2-10)8(7)17-9(11,12)13/h3-4H,2H2,1H3. The van der Waals surface area contributed by atoms with Gasteiger partial charge in [-0.2, -0.15) is 0 Å². The number of rotatable bonds is 4. The number of methoxy groups -OCH3 is 1. The third-order valence-electron chi connectivity index (χ3n) is 1.81. The molecule has 0 aliphatic rings. The molecule has 1 aromatic heterocycles. The molecule has 0 aliphatic carbocycles. The summed E-state index contributed by atoms with van der Waals surface area (Å²) in [5.41, 5.74) is -1.07. The lowest BCUT2D eigenvalue weighted by Crippen LogP contribution is -2.19. The second kappa shape index (κ2) is 4.98. The third-order valence-corrected chi connectivity index (χ3v) is 1.81. The van der Waals surface area contributed by atoms with Crippen LogP contribution in [0.1, 0.15) is 16.1 Å². The number of carbonyl (C=O) groups excluding carboxylic acids is 1. The minimum Gasteiger partial charge on any atom is -0.491 e. The van der Waals surface area contributed by atoms with Crippen molar-refractivity contribution in [1.29, 1.82) is 0 Å². The predicted molar refractivity (Wildman–Crippen MR) is 47.7 cm³/mol. The average molecular weight is 253 g/mol. The Morgan fingerprint density at radius 3 is 2.53 bits per heavy atom. The van der Waals surface area contributed by atoms with Gasteiger partial charge in [0.15, 0.2) is 17.8 Å². The Hall–Kier alpha value is -1.86. The Bertz CT molecular complexity index is 419. The van der Waals surface area contributed by atoms with Crippen molar-refractivity contribution < 1.29 is 31.8 Å². The van der Waals surface area contributed by atoms with Crippen molar-refractivity contribution in [3.63, 3.8) is 0 Å². The second-order valence-corrected chi connectivity index (χ2v) is 2.82. The highest BCUT2D eigenvalue weighted by Crippen LogP contribution is 2.36. The summed E-state index contributed by atoms with van der Waals surface area (Å²) in [5.74, 6) is -1.29. The molecular formula is C9H7F4NO3.